The first-order chi connectivity index (χ1) is 10.2. The van der Waals surface area contributed by atoms with Gasteiger partial charge in [0.05, 0.1) is 25.8 Å². The van der Waals surface area contributed by atoms with Crippen molar-refractivity contribution in [1.29, 1.82) is 0 Å². The molecule has 0 radical (unpaired) electrons. The van der Waals surface area contributed by atoms with Gasteiger partial charge in [-0.1, -0.05) is 26.0 Å². The second-order valence-electron chi connectivity index (χ2n) is 5.06. The summed E-state index contributed by atoms with van der Waals surface area (Å²) in [5.41, 5.74) is 0.647. The molecule has 0 N–H and O–H groups in total. The number of hydrogen-bond donors (Lipinski definition) is 0. The van der Waals surface area contributed by atoms with E-state index in [4.69, 9.17) is 9.47 Å². The molecule has 0 bridgehead atoms. The molecule has 21 heavy (non-hydrogen) atoms. The molecule has 1 aromatic carbocycles. The van der Waals surface area contributed by atoms with Crippen LogP contribution < -0.4 is 4.74 Å². The van der Waals surface area contributed by atoms with Gasteiger partial charge < -0.3 is 9.47 Å². The fourth-order valence-electron chi connectivity index (χ4n) is 2.55. The third kappa shape index (κ3) is 5.14. The van der Waals surface area contributed by atoms with Gasteiger partial charge in [0.1, 0.15) is 5.75 Å². The summed E-state index contributed by atoms with van der Waals surface area (Å²) >= 11 is 0. The van der Waals surface area contributed by atoms with Gasteiger partial charge in [-0.05, 0) is 25.0 Å². The van der Waals surface area contributed by atoms with Crippen molar-refractivity contribution in [3.05, 3.63) is 29.8 Å². The van der Waals surface area contributed by atoms with Crippen LogP contribution >= 0.6 is 0 Å². The van der Waals surface area contributed by atoms with Crippen molar-refractivity contribution in [2.45, 2.75) is 32.7 Å². The average molecular weight is 293 g/mol. The molecule has 0 aliphatic rings. The number of hydrogen-bond acceptors (Lipinski definition) is 4. The number of methoxy groups -OCH3 is 2. The van der Waals surface area contributed by atoms with Crippen molar-refractivity contribution >= 4 is 5.78 Å². The zero-order valence-corrected chi connectivity index (χ0v) is 13.6. The highest BCUT2D eigenvalue weighted by Crippen LogP contribution is 2.19. The number of ketones is 1. The minimum absolute atomic E-state index is 0.0930. The molecule has 118 valence electrons. The summed E-state index contributed by atoms with van der Waals surface area (Å²) in [5, 5.41) is 0. The molecule has 1 rings (SSSR count). The van der Waals surface area contributed by atoms with Crippen LogP contribution in [0.1, 0.15) is 37.0 Å². The molecule has 0 fully saturated rings. The number of carbonyl (C=O) groups excluding carboxylic acids is 1. The second-order valence-corrected chi connectivity index (χ2v) is 5.06. The van der Waals surface area contributed by atoms with Crippen LogP contribution in [0.2, 0.25) is 0 Å². The summed E-state index contributed by atoms with van der Waals surface area (Å²) in [5.74, 6) is 0.731. The maximum absolute atomic E-state index is 12.6. The maximum Gasteiger partial charge on any atom is 0.180 e. The highest BCUT2D eigenvalue weighted by molar-refractivity contribution is 6.00. The lowest BCUT2D eigenvalue weighted by Gasteiger charge is -2.29. The smallest absolute Gasteiger partial charge is 0.180 e. The first kappa shape index (κ1) is 17.7. The molecule has 0 saturated carbocycles. The Hall–Kier alpha value is -1.39. The number of carbonyl (C=O) groups is 1. The molecule has 0 amide bonds. The summed E-state index contributed by atoms with van der Waals surface area (Å²) in [6.45, 7) is 6.11. The number of benzene rings is 1. The predicted molar refractivity (Wildman–Crippen MR) is 85.1 cm³/mol. The SMILES string of the molecule is CCC(CC)N(CCOC)CC(=O)c1ccccc1OC. The molecule has 0 aliphatic carbocycles. The van der Waals surface area contributed by atoms with Crippen molar-refractivity contribution in [2.75, 3.05) is 33.9 Å². The molecule has 4 heteroatoms. The van der Waals surface area contributed by atoms with Crippen LogP contribution in [0.3, 0.4) is 0 Å². The molecule has 1 aromatic rings. The zero-order valence-electron chi connectivity index (χ0n) is 13.6. The summed E-state index contributed by atoms with van der Waals surface area (Å²) < 4.78 is 10.4. The summed E-state index contributed by atoms with van der Waals surface area (Å²) in [6, 6.07) is 7.79. The van der Waals surface area contributed by atoms with Gasteiger partial charge in [0.15, 0.2) is 5.78 Å². The minimum Gasteiger partial charge on any atom is -0.496 e. The number of nitrogens with zero attached hydrogens (tertiary/aromatic N) is 1. The standard InChI is InChI=1S/C17H27NO3/c1-5-14(6-2)18(11-12-20-3)13-16(19)15-9-7-8-10-17(15)21-4/h7-10,14H,5-6,11-13H2,1-4H3. The van der Waals surface area contributed by atoms with Gasteiger partial charge in [-0.2, -0.15) is 0 Å². The molecular formula is C17H27NO3. The average Bonchev–Trinajstić information content (AvgIpc) is 2.53. The van der Waals surface area contributed by atoms with Gasteiger partial charge >= 0.3 is 0 Å². The van der Waals surface area contributed by atoms with Crippen molar-refractivity contribution in [3.8, 4) is 5.75 Å². The summed E-state index contributed by atoms with van der Waals surface area (Å²) in [6.07, 6.45) is 2.05. The Bertz CT molecular complexity index is 430. The fraction of sp³-hybridized carbons (Fsp3) is 0.588. The molecule has 4 nitrogen and oxygen atoms in total. The normalized spacial score (nSPS) is 11.1. The van der Waals surface area contributed by atoms with Gasteiger partial charge in [-0.3, -0.25) is 9.69 Å². The van der Waals surface area contributed by atoms with Gasteiger partial charge in [-0.25, -0.2) is 0 Å². The predicted octanol–water partition coefficient (Wildman–Crippen LogP) is 3.01. The number of rotatable bonds is 10. The van der Waals surface area contributed by atoms with Crippen LogP contribution in [0, 0.1) is 0 Å². The maximum atomic E-state index is 12.6. The fourth-order valence-corrected chi connectivity index (χ4v) is 2.55. The van der Waals surface area contributed by atoms with Gasteiger partial charge in [0, 0.05) is 19.7 Å². The lowest BCUT2D eigenvalue weighted by molar-refractivity contribution is 0.0809. The second kappa shape index (κ2) is 9.53. The van der Waals surface area contributed by atoms with Crippen LogP contribution in [0.4, 0.5) is 0 Å². The van der Waals surface area contributed by atoms with E-state index in [-0.39, 0.29) is 5.78 Å². The van der Waals surface area contributed by atoms with Crippen LogP contribution in [0.15, 0.2) is 24.3 Å². The van der Waals surface area contributed by atoms with Crippen LogP contribution in [-0.2, 0) is 4.74 Å². The monoisotopic (exact) mass is 293 g/mol. The number of ether oxygens (including phenoxy) is 2. The van der Waals surface area contributed by atoms with Crippen LogP contribution in [0.25, 0.3) is 0 Å². The molecule has 0 aromatic heterocycles. The van der Waals surface area contributed by atoms with Crippen molar-refractivity contribution in [2.24, 2.45) is 0 Å². The molecule has 0 heterocycles. The first-order valence-electron chi connectivity index (χ1n) is 7.57. The van der Waals surface area contributed by atoms with E-state index in [2.05, 4.69) is 18.7 Å². The quantitative estimate of drug-likeness (QED) is 0.622. The van der Waals surface area contributed by atoms with E-state index in [0.717, 1.165) is 19.4 Å². The van der Waals surface area contributed by atoms with Gasteiger partial charge in [0.2, 0.25) is 0 Å². The van der Waals surface area contributed by atoms with E-state index in [9.17, 15) is 4.79 Å². The molecule has 0 atom stereocenters. The van der Waals surface area contributed by atoms with Crippen LogP contribution in [0.5, 0.6) is 5.75 Å². The van der Waals surface area contributed by atoms with E-state index in [0.29, 0.717) is 30.5 Å². The van der Waals surface area contributed by atoms with E-state index >= 15 is 0 Å². The number of Topliss-reactive ketones (excluding diaryl/α,β-unsaturated/α-hetero) is 1. The molecule has 0 saturated heterocycles. The third-order valence-electron chi connectivity index (χ3n) is 3.80. The highest BCUT2D eigenvalue weighted by atomic mass is 16.5. The van der Waals surface area contributed by atoms with Gasteiger partial charge in [0.25, 0.3) is 0 Å². The van der Waals surface area contributed by atoms with Crippen LogP contribution in [-0.4, -0.2) is 50.6 Å². The van der Waals surface area contributed by atoms with E-state index in [1.807, 2.05) is 24.3 Å². The van der Waals surface area contributed by atoms with E-state index in [1.165, 1.54) is 0 Å². The Morgan fingerprint density at radius 1 is 1.19 bits per heavy atom. The number of para-hydroxylation sites is 1. The summed E-state index contributed by atoms with van der Waals surface area (Å²) in [7, 11) is 3.28. The molecular weight excluding hydrogens is 266 g/mol. The Morgan fingerprint density at radius 3 is 2.43 bits per heavy atom. The Morgan fingerprint density at radius 2 is 1.86 bits per heavy atom. The Balaban J connectivity index is 2.83. The Kier molecular flexibility index (Phi) is 8.01. The lowest BCUT2D eigenvalue weighted by Crippen LogP contribution is -2.40. The van der Waals surface area contributed by atoms with E-state index < -0.39 is 0 Å². The first-order valence-corrected chi connectivity index (χ1v) is 7.57. The third-order valence-corrected chi connectivity index (χ3v) is 3.80. The van der Waals surface area contributed by atoms with Crippen molar-refractivity contribution in [1.82, 2.24) is 4.90 Å². The molecule has 0 spiro atoms. The molecule has 0 unspecified atom stereocenters. The van der Waals surface area contributed by atoms with Crippen molar-refractivity contribution in [3.63, 3.8) is 0 Å². The van der Waals surface area contributed by atoms with E-state index in [1.54, 1.807) is 14.2 Å². The summed E-state index contributed by atoms with van der Waals surface area (Å²) in [4.78, 5) is 14.8. The largest absolute Gasteiger partial charge is 0.496 e. The highest BCUT2D eigenvalue weighted by Gasteiger charge is 2.20. The Labute approximate surface area is 128 Å². The lowest BCUT2D eigenvalue weighted by atomic mass is 10.1. The molecule has 0 aliphatic heterocycles. The zero-order chi connectivity index (χ0) is 15.7. The van der Waals surface area contributed by atoms with Crippen molar-refractivity contribution < 1.29 is 14.3 Å². The topological polar surface area (TPSA) is 38.8 Å². The minimum atomic E-state index is 0.0930. The van der Waals surface area contributed by atoms with Gasteiger partial charge in [-0.15, -0.1) is 0 Å².